The second kappa shape index (κ2) is 24.1. The fourth-order valence-electron chi connectivity index (χ4n) is 6.78. The number of carbonyl (C=O) groups is 3. The molecule has 64 heavy (non-hydrogen) atoms. The molecule has 1 atom stereocenters. The monoisotopic (exact) mass is 893 g/mol. The number of methoxy groups -OCH3 is 1. The van der Waals surface area contributed by atoms with E-state index in [-0.39, 0.29) is 48.6 Å². The number of nitrogens with one attached hydrogen (secondary N) is 2. The predicted octanol–water partition coefficient (Wildman–Crippen LogP) is 11.9. The van der Waals surface area contributed by atoms with Crippen LogP contribution in [0.1, 0.15) is 86.0 Å². The van der Waals surface area contributed by atoms with E-state index in [9.17, 15) is 18.9 Å². The second-order valence-electron chi connectivity index (χ2n) is 16.2. The third-order valence-electron chi connectivity index (χ3n) is 9.95. The number of carbonyl (C=O) groups excluding carboxylic acids is 3. The van der Waals surface area contributed by atoms with Gasteiger partial charge in [0.25, 0.3) is 0 Å². The molecular formula is C50H60N3O10P. The summed E-state index contributed by atoms with van der Waals surface area (Å²) in [6.07, 6.45) is 0.601. The summed E-state index contributed by atoms with van der Waals surface area (Å²) in [6.45, 7) is 13.4. The van der Waals surface area contributed by atoms with Gasteiger partial charge < -0.3 is 34.3 Å². The Morgan fingerprint density at radius 2 is 1.31 bits per heavy atom. The standard InChI is InChI=1S/C50H60N3O10P/c1-8-40(41-21-25-45(53(30-35(2)3)31-36(4)5)44(27-41)52-50(56)51-43-23-19-37(6)20-24-43)29-48(54)59-34-60-49(55)42-22-26-46(47(28-42)58-7)63-64(57,61-32-38-15-11-9-12-16-38)62-33-39-17-13-10-14-18-39/h9-28,35-36,40H,8,29-34H2,1-7H3,(H2,51,52,56)/t40-/m0/s1. The molecule has 0 bridgehead atoms. The molecule has 0 spiro atoms. The zero-order valence-electron chi connectivity index (χ0n) is 37.7. The fourth-order valence-corrected chi connectivity index (χ4v) is 7.97. The second-order valence-corrected chi connectivity index (χ2v) is 17.8. The lowest BCUT2D eigenvalue weighted by atomic mass is 9.92. The van der Waals surface area contributed by atoms with Crippen LogP contribution in [0.3, 0.4) is 0 Å². The molecule has 14 heteroatoms. The van der Waals surface area contributed by atoms with Gasteiger partial charge in [-0.05, 0) is 90.3 Å². The Bertz CT molecular complexity index is 2270. The van der Waals surface area contributed by atoms with Crippen molar-refractivity contribution in [3.8, 4) is 11.5 Å². The number of phosphoric ester groups is 1. The van der Waals surface area contributed by atoms with Crippen LogP contribution in [0.5, 0.6) is 11.5 Å². The molecule has 0 radical (unpaired) electrons. The number of rotatable bonds is 23. The van der Waals surface area contributed by atoms with Crippen molar-refractivity contribution in [1.29, 1.82) is 0 Å². The molecule has 0 heterocycles. The first-order chi connectivity index (χ1) is 30.7. The van der Waals surface area contributed by atoms with Crippen LogP contribution in [-0.4, -0.2) is 45.0 Å². The minimum absolute atomic E-state index is 0.00268. The van der Waals surface area contributed by atoms with Crippen LogP contribution >= 0.6 is 7.82 Å². The van der Waals surface area contributed by atoms with Crippen molar-refractivity contribution in [3.05, 3.63) is 149 Å². The maximum absolute atomic E-state index is 14.0. The number of hydrogen-bond donors (Lipinski definition) is 2. The summed E-state index contributed by atoms with van der Waals surface area (Å²) in [4.78, 5) is 41.9. The molecule has 5 aromatic carbocycles. The number of phosphoric acid groups is 1. The molecule has 0 saturated heterocycles. The lowest BCUT2D eigenvalue weighted by molar-refractivity contribution is -0.152. The lowest BCUT2D eigenvalue weighted by Crippen LogP contribution is -2.32. The third kappa shape index (κ3) is 15.3. The highest BCUT2D eigenvalue weighted by atomic mass is 31.2. The SMILES string of the molecule is CC[C@@H](CC(=O)OCOC(=O)c1ccc(OP(=O)(OCc2ccccc2)OCc2ccccc2)c(OC)c1)c1ccc(N(CC(C)C)CC(C)C)c(NC(=O)Nc2ccc(C)cc2)c1. The summed E-state index contributed by atoms with van der Waals surface area (Å²) in [7, 11) is -2.87. The number of urea groups is 1. The molecular weight excluding hydrogens is 834 g/mol. The minimum atomic E-state index is -4.24. The quantitative estimate of drug-likeness (QED) is 0.0366. The van der Waals surface area contributed by atoms with Gasteiger partial charge in [0.15, 0.2) is 11.5 Å². The molecule has 0 saturated carbocycles. The van der Waals surface area contributed by atoms with E-state index in [1.54, 1.807) is 0 Å². The predicted molar refractivity (Wildman–Crippen MR) is 250 cm³/mol. The number of hydrogen-bond acceptors (Lipinski definition) is 11. The number of esters is 2. The number of nitrogens with zero attached hydrogens (tertiary/aromatic N) is 1. The van der Waals surface area contributed by atoms with Gasteiger partial charge in [-0.3, -0.25) is 13.8 Å². The van der Waals surface area contributed by atoms with Crippen LogP contribution < -0.4 is 24.8 Å². The van der Waals surface area contributed by atoms with Crippen molar-refractivity contribution in [1.82, 2.24) is 0 Å². The number of amides is 2. The Hall–Kier alpha value is -6.14. The molecule has 2 N–H and O–H groups in total. The van der Waals surface area contributed by atoms with Gasteiger partial charge in [0.2, 0.25) is 6.79 Å². The van der Waals surface area contributed by atoms with Crippen molar-refractivity contribution >= 4 is 42.9 Å². The Kier molecular flexibility index (Phi) is 18.4. The highest BCUT2D eigenvalue weighted by Crippen LogP contribution is 2.53. The number of benzene rings is 5. The van der Waals surface area contributed by atoms with E-state index in [1.807, 2.05) is 117 Å². The Morgan fingerprint density at radius 3 is 1.88 bits per heavy atom. The Labute approximate surface area is 377 Å². The summed E-state index contributed by atoms with van der Waals surface area (Å²) in [6, 6.07) is 35.6. The van der Waals surface area contributed by atoms with Crippen LogP contribution in [0.2, 0.25) is 0 Å². The highest BCUT2D eigenvalue weighted by Gasteiger charge is 2.31. The molecule has 13 nitrogen and oxygen atoms in total. The minimum Gasteiger partial charge on any atom is -0.493 e. The topological polar surface area (TPSA) is 151 Å². The van der Waals surface area contributed by atoms with Gasteiger partial charge >= 0.3 is 25.8 Å². The van der Waals surface area contributed by atoms with E-state index >= 15 is 0 Å². The molecule has 0 aliphatic rings. The highest BCUT2D eigenvalue weighted by molar-refractivity contribution is 7.48. The summed E-state index contributed by atoms with van der Waals surface area (Å²) >= 11 is 0. The molecule has 5 rings (SSSR count). The molecule has 0 aliphatic carbocycles. The van der Waals surface area contributed by atoms with Crippen LogP contribution in [0.4, 0.5) is 21.9 Å². The van der Waals surface area contributed by atoms with Gasteiger partial charge in [0.1, 0.15) is 0 Å². The van der Waals surface area contributed by atoms with E-state index in [1.165, 1.54) is 25.3 Å². The van der Waals surface area contributed by atoms with Gasteiger partial charge in [-0.2, -0.15) is 0 Å². The Balaban J connectivity index is 1.23. The first-order valence-electron chi connectivity index (χ1n) is 21.4. The van der Waals surface area contributed by atoms with Crippen LogP contribution in [0.15, 0.2) is 121 Å². The first kappa shape index (κ1) is 48.9. The number of ether oxygens (including phenoxy) is 3. The molecule has 5 aromatic rings. The maximum Gasteiger partial charge on any atom is 0.530 e. The summed E-state index contributed by atoms with van der Waals surface area (Å²) in [5.74, 6) is -0.814. The normalized spacial score (nSPS) is 11.8. The van der Waals surface area contributed by atoms with Crippen LogP contribution in [0, 0.1) is 18.8 Å². The molecule has 2 amide bonds. The zero-order chi connectivity index (χ0) is 46.1. The Morgan fingerprint density at radius 1 is 0.703 bits per heavy atom. The molecule has 340 valence electrons. The van der Waals surface area contributed by atoms with E-state index < -0.39 is 26.6 Å². The van der Waals surface area contributed by atoms with Gasteiger partial charge in [-0.25, -0.2) is 14.2 Å². The molecule has 0 fully saturated rings. The fraction of sp³-hybridized carbons (Fsp3) is 0.340. The van der Waals surface area contributed by atoms with E-state index in [4.69, 9.17) is 27.8 Å². The van der Waals surface area contributed by atoms with E-state index in [2.05, 4.69) is 43.2 Å². The average molecular weight is 894 g/mol. The van der Waals surface area contributed by atoms with E-state index in [0.29, 0.717) is 29.6 Å². The van der Waals surface area contributed by atoms with Crippen molar-refractivity contribution in [2.24, 2.45) is 11.8 Å². The van der Waals surface area contributed by atoms with E-state index in [0.717, 1.165) is 41.0 Å². The van der Waals surface area contributed by atoms with Crippen molar-refractivity contribution in [2.45, 2.75) is 73.5 Å². The zero-order valence-corrected chi connectivity index (χ0v) is 38.6. The molecule has 0 aliphatic heterocycles. The van der Waals surface area contributed by atoms with Crippen molar-refractivity contribution in [3.63, 3.8) is 0 Å². The lowest BCUT2D eigenvalue weighted by Gasteiger charge is -2.31. The van der Waals surface area contributed by atoms with Gasteiger partial charge in [0.05, 0.1) is 43.7 Å². The maximum atomic E-state index is 14.0. The van der Waals surface area contributed by atoms with Crippen LogP contribution in [-0.2, 0) is 41.1 Å². The van der Waals surface area contributed by atoms with Gasteiger partial charge in [-0.15, -0.1) is 0 Å². The number of anilines is 3. The van der Waals surface area contributed by atoms with Gasteiger partial charge in [0, 0.05) is 18.8 Å². The first-order valence-corrected chi connectivity index (χ1v) is 22.9. The molecule has 0 aromatic heterocycles. The third-order valence-corrected chi connectivity index (χ3v) is 11.3. The average Bonchev–Trinajstić information content (AvgIpc) is 3.28. The van der Waals surface area contributed by atoms with Crippen LogP contribution in [0.25, 0.3) is 0 Å². The summed E-state index contributed by atoms with van der Waals surface area (Å²) in [5.41, 5.74) is 5.67. The van der Waals surface area contributed by atoms with Gasteiger partial charge in [-0.1, -0.05) is 119 Å². The smallest absolute Gasteiger partial charge is 0.493 e. The number of aryl methyl sites for hydroxylation is 1. The summed E-state index contributed by atoms with van der Waals surface area (Å²) < 4.78 is 47.5. The largest absolute Gasteiger partial charge is 0.530 e. The summed E-state index contributed by atoms with van der Waals surface area (Å²) in [5, 5.41) is 6.00. The van der Waals surface area contributed by atoms with Crippen molar-refractivity contribution in [2.75, 3.05) is 42.5 Å². The molecule has 0 unspecified atom stereocenters. The van der Waals surface area contributed by atoms with Crippen molar-refractivity contribution < 1.29 is 46.7 Å².